The first-order chi connectivity index (χ1) is 9.74. The summed E-state index contributed by atoms with van der Waals surface area (Å²) in [5, 5.41) is 3.44. The predicted molar refractivity (Wildman–Crippen MR) is 79.9 cm³/mol. The van der Waals surface area contributed by atoms with E-state index in [1.807, 2.05) is 12.1 Å². The van der Waals surface area contributed by atoms with Gasteiger partial charge in [0.15, 0.2) is 0 Å². The Kier molecular flexibility index (Phi) is 6.27. The van der Waals surface area contributed by atoms with Gasteiger partial charge in [-0.25, -0.2) is 0 Å². The first kappa shape index (κ1) is 15.3. The molecule has 0 aliphatic heterocycles. The fourth-order valence-electron chi connectivity index (χ4n) is 1.78. The number of nitrogens with zero attached hydrogens (tertiary/aromatic N) is 1. The lowest BCUT2D eigenvalue weighted by molar-refractivity contribution is 0.0924. The van der Waals surface area contributed by atoms with E-state index in [2.05, 4.69) is 24.1 Å². The lowest BCUT2D eigenvalue weighted by atomic mass is 10.1. The molecular formula is C16H26N2O2. The molecule has 0 unspecified atom stereocenters. The maximum Gasteiger partial charge on any atom is 0.137 e. The Morgan fingerprint density at radius 3 is 2.75 bits per heavy atom. The highest BCUT2D eigenvalue weighted by Gasteiger charge is 2.19. The van der Waals surface area contributed by atoms with Gasteiger partial charge in [-0.05, 0) is 37.3 Å². The largest absolute Gasteiger partial charge is 0.490 e. The molecule has 1 aliphatic rings. The van der Waals surface area contributed by atoms with Crippen molar-refractivity contribution < 1.29 is 9.47 Å². The highest BCUT2D eigenvalue weighted by Crippen LogP contribution is 2.19. The Labute approximate surface area is 121 Å². The number of hydrogen-bond donors (Lipinski definition) is 1. The van der Waals surface area contributed by atoms with Crippen LogP contribution >= 0.6 is 0 Å². The summed E-state index contributed by atoms with van der Waals surface area (Å²) in [6.45, 7) is 7.28. The quantitative estimate of drug-likeness (QED) is 0.668. The molecule has 0 radical (unpaired) electrons. The molecule has 0 spiro atoms. The third-order valence-electron chi connectivity index (χ3n) is 3.28. The summed E-state index contributed by atoms with van der Waals surface area (Å²) in [4.78, 5) is 4.39. The molecule has 0 bridgehead atoms. The summed E-state index contributed by atoms with van der Waals surface area (Å²) in [5.74, 6) is 1.50. The van der Waals surface area contributed by atoms with E-state index in [4.69, 9.17) is 9.47 Å². The number of hydrogen-bond acceptors (Lipinski definition) is 4. The number of pyridine rings is 1. The van der Waals surface area contributed by atoms with Crippen molar-refractivity contribution in [1.82, 2.24) is 10.3 Å². The van der Waals surface area contributed by atoms with E-state index in [1.165, 1.54) is 12.8 Å². The van der Waals surface area contributed by atoms with E-state index in [9.17, 15) is 0 Å². The molecule has 0 atom stereocenters. The number of rotatable bonds is 10. The fourth-order valence-corrected chi connectivity index (χ4v) is 1.78. The lowest BCUT2D eigenvalue weighted by Gasteiger charge is -2.09. The lowest BCUT2D eigenvalue weighted by Crippen LogP contribution is -2.16. The molecule has 1 N–H and O–H groups in total. The summed E-state index contributed by atoms with van der Waals surface area (Å²) in [5.41, 5.74) is 1.07. The van der Waals surface area contributed by atoms with Gasteiger partial charge in [-0.1, -0.05) is 13.8 Å². The fraction of sp³-hybridized carbons (Fsp3) is 0.688. The van der Waals surface area contributed by atoms with Gasteiger partial charge in [-0.15, -0.1) is 0 Å². The average Bonchev–Trinajstić information content (AvgIpc) is 3.25. The first-order valence-electron chi connectivity index (χ1n) is 7.63. The molecular weight excluding hydrogens is 252 g/mol. The zero-order valence-electron chi connectivity index (χ0n) is 12.6. The number of aromatic nitrogens is 1. The topological polar surface area (TPSA) is 43.4 Å². The van der Waals surface area contributed by atoms with Crippen molar-refractivity contribution in [1.29, 1.82) is 0 Å². The van der Waals surface area contributed by atoms with E-state index in [1.54, 1.807) is 6.20 Å². The zero-order valence-corrected chi connectivity index (χ0v) is 12.6. The third-order valence-corrected chi connectivity index (χ3v) is 3.28. The molecule has 0 amide bonds. The van der Waals surface area contributed by atoms with Gasteiger partial charge in [0, 0.05) is 19.2 Å². The molecule has 0 aromatic carbocycles. The average molecular weight is 278 g/mol. The molecule has 20 heavy (non-hydrogen) atoms. The summed E-state index contributed by atoms with van der Waals surface area (Å²) in [7, 11) is 0. The second-order valence-electron chi connectivity index (χ2n) is 5.78. The first-order valence-corrected chi connectivity index (χ1v) is 7.63. The minimum atomic E-state index is 0.583. The van der Waals surface area contributed by atoms with Crippen molar-refractivity contribution in [3.05, 3.63) is 24.0 Å². The summed E-state index contributed by atoms with van der Waals surface area (Å²) < 4.78 is 11.1. The Morgan fingerprint density at radius 2 is 2.10 bits per heavy atom. The van der Waals surface area contributed by atoms with Crippen LogP contribution in [0.4, 0.5) is 0 Å². The van der Waals surface area contributed by atoms with Gasteiger partial charge in [0.05, 0.1) is 18.5 Å². The number of nitrogens with one attached hydrogen (secondary N) is 1. The van der Waals surface area contributed by atoms with Gasteiger partial charge < -0.3 is 14.8 Å². The van der Waals surface area contributed by atoms with Gasteiger partial charge in [0.1, 0.15) is 12.4 Å². The maximum atomic E-state index is 5.60. The Morgan fingerprint density at radius 1 is 1.25 bits per heavy atom. The van der Waals surface area contributed by atoms with Crippen LogP contribution in [0.25, 0.3) is 0 Å². The molecule has 1 aliphatic carbocycles. The van der Waals surface area contributed by atoms with Gasteiger partial charge in [-0.3, -0.25) is 4.98 Å². The summed E-state index contributed by atoms with van der Waals surface area (Å²) >= 11 is 0. The van der Waals surface area contributed by atoms with Crippen LogP contribution in [-0.2, 0) is 11.3 Å². The summed E-state index contributed by atoms with van der Waals surface area (Å²) in [6, 6.07) is 4.71. The highest BCUT2D eigenvalue weighted by atomic mass is 16.5. The van der Waals surface area contributed by atoms with Crippen molar-refractivity contribution in [2.24, 2.45) is 5.92 Å². The Bertz CT molecular complexity index is 375. The van der Waals surface area contributed by atoms with E-state index < -0.39 is 0 Å². The van der Waals surface area contributed by atoms with E-state index in [-0.39, 0.29) is 0 Å². The van der Waals surface area contributed by atoms with E-state index >= 15 is 0 Å². The summed E-state index contributed by atoms with van der Waals surface area (Å²) in [6.07, 6.45) is 5.50. The van der Waals surface area contributed by atoms with E-state index in [0.717, 1.165) is 37.1 Å². The van der Waals surface area contributed by atoms with Crippen molar-refractivity contribution >= 4 is 0 Å². The van der Waals surface area contributed by atoms with E-state index in [0.29, 0.717) is 19.1 Å². The Hall–Kier alpha value is -1.13. The minimum absolute atomic E-state index is 0.583. The van der Waals surface area contributed by atoms with Crippen molar-refractivity contribution in [3.8, 4) is 5.75 Å². The zero-order chi connectivity index (χ0) is 14.2. The van der Waals surface area contributed by atoms with Gasteiger partial charge >= 0.3 is 0 Å². The predicted octanol–water partition coefficient (Wildman–Crippen LogP) is 2.78. The molecule has 4 heteroatoms. The normalized spacial score (nSPS) is 14.8. The minimum Gasteiger partial charge on any atom is -0.490 e. The van der Waals surface area contributed by atoms with Crippen LogP contribution in [0.2, 0.25) is 0 Å². The smallest absolute Gasteiger partial charge is 0.137 e. The highest BCUT2D eigenvalue weighted by molar-refractivity contribution is 5.19. The molecule has 1 fully saturated rings. The molecule has 1 saturated carbocycles. The molecule has 0 saturated heterocycles. The van der Waals surface area contributed by atoms with Crippen LogP contribution in [0, 0.1) is 5.92 Å². The van der Waals surface area contributed by atoms with Crippen molar-refractivity contribution in [2.45, 2.75) is 45.7 Å². The monoisotopic (exact) mass is 278 g/mol. The standard InChI is InChI=1S/C16H26N2O2/c1-13(2)7-8-19-9-10-20-16-6-5-15(18-12-16)11-17-14-3-4-14/h5-6,12-14,17H,3-4,7-11H2,1-2H3. The van der Waals surface area contributed by atoms with Crippen LogP contribution < -0.4 is 10.1 Å². The molecule has 112 valence electrons. The van der Waals surface area contributed by atoms with Crippen LogP contribution in [-0.4, -0.2) is 30.8 Å². The van der Waals surface area contributed by atoms with Crippen LogP contribution in [0.3, 0.4) is 0 Å². The van der Waals surface area contributed by atoms with Gasteiger partial charge in [0.25, 0.3) is 0 Å². The SMILES string of the molecule is CC(C)CCOCCOc1ccc(CNC2CC2)nc1. The van der Waals surface area contributed by atoms with Gasteiger partial charge in [0.2, 0.25) is 0 Å². The van der Waals surface area contributed by atoms with Crippen LogP contribution in [0.5, 0.6) is 5.75 Å². The van der Waals surface area contributed by atoms with Crippen LogP contribution in [0.1, 0.15) is 38.8 Å². The van der Waals surface area contributed by atoms with Gasteiger partial charge in [-0.2, -0.15) is 0 Å². The van der Waals surface area contributed by atoms with Crippen molar-refractivity contribution in [2.75, 3.05) is 19.8 Å². The Balaban J connectivity index is 1.55. The molecule has 2 rings (SSSR count). The maximum absolute atomic E-state index is 5.60. The second-order valence-corrected chi connectivity index (χ2v) is 5.78. The molecule has 1 aromatic heterocycles. The second kappa shape index (κ2) is 8.22. The number of ether oxygens (including phenoxy) is 2. The van der Waals surface area contributed by atoms with Crippen molar-refractivity contribution in [3.63, 3.8) is 0 Å². The third kappa shape index (κ3) is 6.35. The molecule has 1 aromatic rings. The molecule has 1 heterocycles. The molecule has 4 nitrogen and oxygen atoms in total. The van der Waals surface area contributed by atoms with Crippen LogP contribution in [0.15, 0.2) is 18.3 Å².